The molecule has 0 spiro atoms. The van der Waals surface area contributed by atoms with Crippen LogP contribution >= 0.6 is 15.9 Å². The van der Waals surface area contributed by atoms with Gasteiger partial charge in [0.05, 0.1) is 15.9 Å². The van der Waals surface area contributed by atoms with E-state index in [-0.39, 0.29) is 17.1 Å². The third-order valence-corrected chi connectivity index (χ3v) is 2.99. The molecule has 1 N–H and O–H groups in total. The molecule has 0 saturated heterocycles. The second-order valence-electron chi connectivity index (χ2n) is 3.97. The Morgan fingerprint density at radius 1 is 1.35 bits per heavy atom. The van der Waals surface area contributed by atoms with Gasteiger partial charge in [-0.3, -0.25) is 25.7 Å². The standard InChI is InChI=1S/C11H13BrN4O4/c1-8(3-2-6-12)13-14-10-5-4-9(15(17)18)7-11(10)16(19)20/h4-5,7,14H,2-3,6H2,1H3. The number of anilines is 1. The topological polar surface area (TPSA) is 111 Å². The maximum atomic E-state index is 10.9. The van der Waals surface area contributed by atoms with Crippen molar-refractivity contribution < 1.29 is 9.85 Å². The van der Waals surface area contributed by atoms with Gasteiger partial charge in [0, 0.05) is 17.1 Å². The van der Waals surface area contributed by atoms with Crippen LogP contribution in [0.15, 0.2) is 23.3 Å². The van der Waals surface area contributed by atoms with Gasteiger partial charge in [0.25, 0.3) is 5.69 Å². The zero-order valence-electron chi connectivity index (χ0n) is 10.7. The summed E-state index contributed by atoms with van der Waals surface area (Å²) in [4.78, 5) is 20.1. The van der Waals surface area contributed by atoms with E-state index in [1.54, 1.807) is 6.92 Å². The number of alkyl halides is 1. The summed E-state index contributed by atoms with van der Waals surface area (Å²) in [6.45, 7) is 1.80. The van der Waals surface area contributed by atoms with Crippen LogP contribution in [0.5, 0.6) is 0 Å². The average Bonchev–Trinajstić information content (AvgIpc) is 2.42. The van der Waals surface area contributed by atoms with Gasteiger partial charge in [-0.05, 0) is 25.8 Å². The van der Waals surface area contributed by atoms with Gasteiger partial charge in [-0.25, -0.2) is 0 Å². The van der Waals surface area contributed by atoms with E-state index in [0.29, 0.717) is 0 Å². The minimum absolute atomic E-state index is 0.124. The molecule has 0 atom stereocenters. The van der Waals surface area contributed by atoms with Crippen LogP contribution in [-0.2, 0) is 0 Å². The van der Waals surface area contributed by atoms with Crippen molar-refractivity contribution in [1.82, 2.24) is 0 Å². The number of hydrogen-bond donors (Lipinski definition) is 1. The second-order valence-corrected chi connectivity index (χ2v) is 4.76. The fourth-order valence-corrected chi connectivity index (χ4v) is 1.69. The Morgan fingerprint density at radius 2 is 2.05 bits per heavy atom. The van der Waals surface area contributed by atoms with Crippen LogP contribution in [0.3, 0.4) is 0 Å². The van der Waals surface area contributed by atoms with Crippen molar-refractivity contribution in [3.63, 3.8) is 0 Å². The quantitative estimate of drug-likeness (QED) is 0.352. The summed E-state index contributed by atoms with van der Waals surface area (Å²) < 4.78 is 0. The minimum Gasteiger partial charge on any atom is -0.272 e. The number of nitrogens with zero attached hydrogens (tertiary/aromatic N) is 3. The number of halogens is 1. The smallest absolute Gasteiger partial charge is 0.272 e. The average molecular weight is 345 g/mol. The van der Waals surface area contributed by atoms with E-state index in [1.807, 2.05) is 0 Å². The molecule has 0 bridgehead atoms. The summed E-state index contributed by atoms with van der Waals surface area (Å²) in [7, 11) is 0. The van der Waals surface area contributed by atoms with Crippen LogP contribution in [0.4, 0.5) is 17.1 Å². The minimum atomic E-state index is -0.682. The molecule has 0 aliphatic heterocycles. The molecule has 0 aliphatic rings. The molecule has 0 amide bonds. The Hall–Kier alpha value is -2.03. The molecule has 1 rings (SSSR count). The first-order valence-electron chi connectivity index (χ1n) is 5.73. The number of non-ortho nitro benzene ring substituents is 1. The zero-order valence-corrected chi connectivity index (χ0v) is 12.3. The number of hydrazone groups is 1. The molecule has 0 fully saturated rings. The van der Waals surface area contributed by atoms with Gasteiger partial charge >= 0.3 is 5.69 Å². The van der Waals surface area contributed by atoms with Crippen LogP contribution < -0.4 is 5.43 Å². The molecule has 1 aromatic rings. The molecular weight excluding hydrogens is 332 g/mol. The SMILES string of the molecule is CC(CCCBr)=NNc1ccc([N+](=O)[O-])cc1[N+](=O)[O-]. The number of nitro benzene ring substituents is 2. The molecule has 9 heteroatoms. The lowest BCUT2D eigenvalue weighted by Gasteiger charge is -2.04. The van der Waals surface area contributed by atoms with Gasteiger partial charge in [-0.15, -0.1) is 0 Å². The van der Waals surface area contributed by atoms with Crippen molar-refractivity contribution in [1.29, 1.82) is 0 Å². The number of nitrogens with one attached hydrogen (secondary N) is 1. The highest BCUT2D eigenvalue weighted by atomic mass is 79.9. The van der Waals surface area contributed by atoms with Crippen molar-refractivity contribution in [2.45, 2.75) is 19.8 Å². The maximum absolute atomic E-state index is 10.9. The van der Waals surface area contributed by atoms with Crippen molar-refractivity contribution in [2.75, 3.05) is 10.8 Å². The normalized spacial score (nSPS) is 11.2. The van der Waals surface area contributed by atoms with Crippen LogP contribution in [-0.4, -0.2) is 20.9 Å². The fourth-order valence-electron chi connectivity index (χ4n) is 1.41. The van der Waals surface area contributed by atoms with E-state index >= 15 is 0 Å². The molecule has 0 heterocycles. The molecule has 0 aromatic heterocycles. The first kappa shape index (κ1) is 16.0. The van der Waals surface area contributed by atoms with Gasteiger partial charge < -0.3 is 0 Å². The summed E-state index contributed by atoms with van der Waals surface area (Å²) in [6, 6.07) is 3.38. The van der Waals surface area contributed by atoms with E-state index in [9.17, 15) is 20.2 Å². The molecular formula is C11H13BrN4O4. The highest BCUT2D eigenvalue weighted by Gasteiger charge is 2.19. The summed E-state index contributed by atoms with van der Waals surface area (Å²) in [6.07, 6.45) is 1.65. The molecule has 0 radical (unpaired) electrons. The number of rotatable bonds is 7. The largest absolute Gasteiger partial charge is 0.301 e. The van der Waals surface area contributed by atoms with Gasteiger partial charge in [0.2, 0.25) is 0 Å². The Morgan fingerprint density at radius 3 is 2.60 bits per heavy atom. The second kappa shape index (κ2) is 7.53. The highest BCUT2D eigenvalue weighted by molar-refractivity contribution is 9.09. The van der Waals surface area contributed by atoms with E-state index in [0.717, 1.165) is 29.9 Å². The third kappa shape index (κ3) is 4.57. The Balaban J connectivity index is 2.95. The maximum Gasteiger partial charge on any atom is 0.301 e. The zero-order chi connectivity index (χ0) is 15.1. The first-order chi connectivity index (χ1) is 9.45. The van der Waals surface area contributed by atoms with E-state index in [4.69, 9.17) is 0 Å². The summed E-state index contributed by atoms with van der Waals surface area (Å²) >= 11 is 3.30. The number of nitro groups is 2. The molecule has 20 heavy (non-hydrogen) atoms. The predicted molar refractivity (Wildman–Crippen MR) is 79.5 cm³/mol. The van der Waals surface area contributed by atoms with Gasteiger partial charge in [-0.1, -0.05) is 15.9 Å². The van der Waals surface area contributed by atoms with Crippen LogP contribution in [0.25, 0.3) is 0 Å². The summed E-state index contributed by atoms with van der Waals surface area (Å²) in [5, 5.41) is 26.4. The van der Waals surface area contributed by atoms with Crippen LogP contribution in [0.1, 0.15) is 19.8 Å². The fraction of sp³-hybridized carbons (Fsp3) is 0.364. The molecule has 108 valence electrons. The Bertz CT molecular complexity index is 547. The predicted octanol–water partition coefficient (Wildman–Crippen LogP) is 3.47. The van der Waals surface area contributed by atoms with Gasteiger partial charge in [0.1, 0.15) is 5.69 Å². The van der Waals surface area contributed by atoms with E-state index in [1.165, 1.54) is 12.1 Å². The summed E-state index contributed by atoms with van der Waals surface area (Å²) in [5.41, 5.74) is 2.78. The Labute approximate surface area is 123 Å². The van der Waals surface area contributed by atoms with E-state index in [2.05, 4.69) is 26.5 Å². The third-order valence-electron chi connectivity index (χ3n) is 2.43. The summed E-state index contributed by atoms with van der Waals surface area (Å²) in [5.74, 6) is 0. The van der Waals surface area contributed by atoms with Crippen LogP contribution in [0, 0.1) is 20.2 Å². The lowest BCUT2D eigenvalue weighted by Crippen LogP contribution is -2.01. The van der Waals surface area contributed by atoms with Crippen molar-refractivity contribution in [3.8, 4) is 0 Å². The molecule has 0 saturated carbocycles. The molecule has 1 aromatic carbocycles. The highest BCUT2D eigenvalue weighted by Crippen LogP contribution is 2.28. The lowest BCUT2D eigenvalue weighted by molar-refractivity contribution is -0.393. The molecule has 8 nitrogen and oxygen atoms in total. The lowest BCUT2D eigenvalue weighted by atomic mass is 10.2. The molecule has 0 unspecified atom stereocenters. The Kier molecular flexibility index (Phi) is 6.04. The van der Waals surface area contributed by atoms with Crippen molar-refractivity contribution in [2.24, 2.45) is 5.10 Å². The van der Waals surface area contributed by atoms with Gasteiger partial charge in [-0.2, -0.15) is 5.10 Å². The first-order valence-corrected chi connectivity index (χ1v) is 6.86. The number of hydrogen-bond acceptors (Lipinski definition) is 6. The number of benzene rings is 1. The van der Waals surface area contributed by atoms with Crippen molar-refractivity contribution >= 4 is 38.7 Å². The van der Waals surface area contributed by atoms with Crippen molar-refractivity contribution in [3.05, 3.63) is 38.4 Å². The molecule has 0 aliphatic carbocycles. The van der Waals surface area contributed by atoms with E-state index < -0.39 is 9.85 Å². The van der Waals surface area contributed by atoms with Gasteiger partial charge in [0.15, 0.2) is 0 Å². The monoisotopic (exact) mass is 344 g/mol. The van der Waals surface area contributed by atoms with Crippen LogP contribution in [0.2, 0.25) is 0 Å².